The van der Waals surface area contributed by atoms with Gasteiger partial charge in [-0.25, -0.2) is 0 Å². The Labute approximate surface area is 312 Å². The topological polar surface area (TPSA) is 92.7 Å². The molecule has 6 nitrogen and oxygen atoms in total. The van der Waals surface area contributed by atoms with Crippen LogP contribution in [0.3, 0.4) is 0 Å². The van der Waals surface area contributed by atoms with E-state index in [1.165, 1.54) is 122 Å². The summed E-state index contributed by atoms with van der Waals surface area (Å²) in [6.07, 6.45) is 35.7. The van der Waals surface area contributed by atoms with Crippen molar-refractivity contribution in [2.45, 2.75) is 201 Å². The third kappa shape index (κ3) is 12.1. The van der Waals surface area contributed by atoms with Crippen LogP contribution in [0.25, 0.3) is 0 Å². The van der Waals surface area contributed by atoms with Gasteiger partial charge in [-0.15, -0.1) is 0 Å². The molecule has 1 amide bonds. The maximum absolute atomic E-state index is 12.8. The van der Waals surface area contributed by atoms with Gasteiger partial charge < -0.3 is 15.2 Å². The van der Waals surface area contributed by atoms with Gasteiger partial charge in [-0.05, 0) is 143 Å². The molecule has 292 valence electrons. The van der Waals surface area contributed by atoms with Gasteiger partial charge in [0, 0.05) is 12.8 Å². The number of aliphatic carboxylic acids is 1. The largest absolute Gasteiger partial charge is 0.480 e. The van der Waals surface area contributed by atoms with E-state index < -0.39 is 5.97 Å². The number of carboxylic acid groups (broad SMARTS) is 1. The summed E-state index contributed by atoms with van der Waals surface area (Å²) in [5.41, 5.74) is 0.708. The van der Waals surface area contributed by atoms with Crippen molar-refractivity contribution in [3.05, 3.63) is 12.2 Å². The van der Waals surface area contributed by atoms with Crippen LogP contribution < -0.4 is 5.32 Å². The number of hydrogen-bond donors (Lipinski definition) is 2. The minimum atomic E-state index is -0.989. The molecule has 4 aliphatic rings. The van der Waals surface area contributed by atoms with E-state index in [1.54, 1.807) is 0 Å². The molecule has 0 heterocycles. The molecule has 0 aromatic carbocycles. The van der Waals surface area contributed by atoms with Crippen molar-refractivity contribution >= 4 is 17.8 Å². The number of carbonyl (C=O) groups excluding carboxylic acids is 2. The van der Waals surface area contributed by atoms with Crippen molar-refractivity contribution in [2.24, 2.45) is 46.3 Å². The summed E-state index contributed by atoms with van der Waals surface area (Å²) in [5, 5.41) is 11.4. The standard InChI is InChI=1S/C45H77NO5/c1-5-6-7-8-9-10-11-12-13-14-15-16-17-18-19-20-21-43(50)51-36-28-30-44(3)35(32-36)23-24-37-39-26-25-38(45(39,4)31-29-40(37)44)34(2)22-27-41(47)46-33-42(48)49/h13-14,34-40H,5-12,15-33H2,1-4H3,(H,46,47)(H,48,49)/b14-13-. The number of fused-ring (bicyclic) bond motifs is 5. The van der Waals surface area contributed by atoms with Crippen LogP contribution in [-0.2, 0) is 19.1 Å². The van der Waals surface area contributed by atoms with Crippen molar-refractivity contribution in [3.8, 4) is 0 Å². The minimum absolute atomic E-state index is 0.0319. The number of unbranched alkanes of at least 4 members (excludes halogenated alkanes) is 12. The van der Waals surface area contributed by atoms with Gasteiger partial charge >= 0.3 is 11.9 Å². The summed E-state index contributed by atoms with van der Waals surface area (Å²) >= 11 is 0. The average Bonchev–Trinajstić information content (AvgIpc) is 3.47. The third-order valence-corrected chi connectivity index (χ3v) is 14.8. The molecule has 0 aromatic heterocycles. The van der Waals surface area contributed by atoms with Gasteiger partial charge in [-0.1, -0.05) is 97.6 Å². The molecule has 4 aliphatic carbocycles. The number of esters is 1. The van der Waals surface area contributed by atoms with Crippen LogP contribution in [0.1, 0.15) is 195 Å². The zero-order chi connectivity index (χ0) is 36.7. The van der Waals surface area contributed by atoms with Crippen LogP contribution in [0.15, 0.2) is 12.2 Å². The lowest BCUT2D eigenvalue weighted by Gasteiger charge is -2.61. The van der Waals surface area contributed by atoms with Gasteiger partial charge in [0.2, 0.25) is 5.91 Å². The molecule has 2 N–H and O–H groups in total. The summed E-state index contributed by atoms with van der Waals surface area (Å²) in [7, 11) is 0. The fraction of sp³-hybridized carbons (Fsp3) is 0.889. The van der Waals surface area contributed by atoms with Crippen LogP contribution in [-0.4, -0.2) is 35.6 Å². The van der Waals surface area contributed by atoms with Crippen LogP contribution >= 0.6 is 0 Å². The highest BCUT2D eigenvalue weighted by molar-refractivity contribution is 5.81. The normalized spacial score (nSPS) is 32.2. The predicted octanol–water partition coefficient (Wildman–Crippen LogP) is 11.6. The molecule has 9 atom stereocenters. The maximum Gasteiger partial charge on any atom is 0.322 e. The van der Waals surface area contributed by atoms with Crippen LogP contribution in [0.5, 0.6) is 0 Å². The molecule has 0 radical (unpaired) electrons. The summed E-state index contributed by atoms with van der Waals surface area (Å²) in [6, 6.07) is 0. The summed E-state index contributed by atoms with van der Waals surface area (Å²) < 4.78 is 6.13. The van der Waals surface area contributed by atoms with Gasteiger partial charge in [-0.2, -0.15) is 0 Å². The fourth-order valence-electron chi connectivity index (χ4n) is 11.9. The van der Waals surface area contributed by atoms with E-state index in [2.05, 4.69) is 45.2 Å². The Morgan fingerprint density at radius 3 is 2.08 bits per heavy atom. The molecule has 4 rings (SSSR count). The second-order valence-electron chi connectivity index (χ2n) is 18.1. The lowest BCUT2D eigenvalue weighted by Crippen LogP contribution is -2.54. The van der Waals surface area contributed by atoms with Crippen LogP contribution in [0, 0.1) is 46.3 Å². The van der Waals surface area contributed by atoms with Gasteiger partial charge in [0.15, 0.2) is 0 Å². The van der Waals surface area contributed by atoms with Crippen molar-refractivity contribution in [1.29, 1.82) is 0 Å². The summed E-state index contributed by atoms with van der Waals surface area (Å²) in [5.74, 6) is 3.03. The summed E-state index contributed by atoms with van der Waals surface area (Å²) in [6.45, 7) is 9.47. The molecule has 4 fully saturated rings. The molecule has 9 unspecified atom stereocenters. The number of ether oxygens (including phenoxy) is 1. The zero-order valence-electron chi connectivity index (χ0n) is 33.4. The quantitative estimate of drug-likeness (QED) is 0.0625. The fourth-order valence-corrected chi connectivity index (χ4v) is 11.9. The van der Waals surface area contributed by atoms with Gasteiger partial charge in [0.25, 0.3) is 0 Å². The van der Waals surface area contributed by atoms with E-state index in [0.29, 0.717) is 41.4 Å². The number of hydrogen-bond acceptors (Lipinski definition) is 4. The van der Waals surface area contributed by atoms with E-state index in [-0.39, 0.29) is 24.5 Å². The SMILES string of the molecule is CCCCCCCCC/C=C\CCCCCCCC(=O)OC1CCC2(C)C(CCC3C2CCC2(C)C(C(C)CCC(=O)NCC(=O)O)CCC32)C1. The highest BCUT2D eigenvalue weighted by Crippen LogP contribution is 2.68. The molecule has 51 heavy (non-hydrogen) atoms. The Kier molecular flexibility index (Phi) is 17.4. The van der Waals surface area contributed by atoms with E-state index in [0.717, 1.165) is 49.9 Å². The Morgan fingerprint density at radius 1 is 0.765 bits per heavy atom. The van der Waals surface area contributed by atoms with Crippen molar-refractivity contribution in [1.82, 2.24) is 5.32 Å². The number of allylic oxidation sites excluding steroid dienone is 2. The molecular weight excluding hydrogens is 634 g/mol. The molecule has 0 spiro atoms. The Bertz CT molecular complexity index is 1100. The first-order valence-electron chi connectivity index (χ1n) is 21.9. The Balaban J connectivity index is 1.09. The zero-order valence-corrected chi connectivity index (χ0v) is 33.4. The van der Waals surface area contributed by atoms with Crippen LogP contribution in [0.2, 0.25) is 0 Å². The molecule has 4 saturated carbocycles. The number of amides is 1. The monoisotopic (exact) mass is 712 g/mol. The number of carboxylic acids is 1. The van der Waals surface area contributed by atoms with Crippen molar-refractivity contribution in [3.63, 3.8) is 0 Å². The number of nitrogens with one attached hydrogen (secondary N) is 1. The van der Waals surface area contributed by atoms with E-state index in [1.807, 2.05) is 0 Å². The van der Waals surface area contributed by atoms with E-state index >= 15 is 0 Å². The lowest BCUT2D eigenvalue weighted by atomic mass is 9.44. The average molecular weight is 712 g/mol. The second kappa shape index (κ2) is 21.1. The maximum atomic E-state index is 12.8. The van der Waals surface area contributed by atoms with Gasteiger partial charge in [0.05, 0.1) is 0 Å². The van der Waals surface area contributed by atoms with Crippen molar-refractivity contribution in [2.75, 3.05) is 6.54 Å². The highest BCUT2D eigenvalue weighted by Gasteiger charge is 2.60. The van der Waals surface area contributed by atoms with Gasteiger partial charge in [0.1, 0.15) is 12.6 Å². The first-order chi connectivity index (χ1) is 24.6. The van der Waals surface area contributed by atoms with E-state index in [9.17, 15) is 14.4 Å². The lowest BCUT2D eigenvalue weighted by molar-refractivity contribution is -0.162. The summed E-state index contributed by atoms with van der Waals surface area (Å²) in [4.78, 5) is 35.9. The Hall–Kier alpha value is -1.85. The predicted molar refractivity (Wildman–Crippen MR) is 208 cm³/mol. The second-order valence-corrected chi connectivity index (χ2v) is 18.1. The van der Waals surface area contributed by atoms with E-state index in [4.69, 9.17) is 9.84 Å². The number of rotatable bonds is 23. The molecular formula is C45H77NO5. The first kappa shape index (κ1) is 41.9. The Morgan fingerprint density at radius 2 is 1.39 bits per heavy atom. The van der Waals surface area contributed by atoms with Crippen LogP contribution in [0.4, 0.5) is 0 Å². The molecule has 0 aliphatic heterocycles. The van der Waals surface area contributed by atoms with Gasteiger partial charge in [-0.3, -0.25) is 14.4 Å². The number of carbonyl (C=O) groups is 3. The molecule has 0 saturated heterocycles. The molecule has 0 bridgehead atoms. The first-order valence-corrected chi connectivity index (χ1v) is 21.9. The highest BCUT2D eigenvalue weighted by atomic mass is 16.5. The minimum Gasteiger partial charge on any atom is -0.480 e. The third-order valence-electron chi connectivity index (χ3n) is 14.8. The molecule has 0 aromatic rings. The smallest absolute Gasteiger partial charge is 0.322 e. The molecule has 6 heteroatoms. The van der Waals surface area contributed by atoms with Crippen molar-refractivity contribution < 1.29 is 24.2 Å².